The highest BCUT2D eigenvalue weighted by atomic mass is 16.4. The van der Waals surface area contributed by atoms with Crippen molar-refractivity contribution in [1.29, 1.82) is 0 Å². The summed E-state index contributed by atoms with van der Waals surface area (Å²) >= 11 is 0. The summed E-state index contributed by atoms with van der Waals surface area (Å²) in [5, 5.41) is 20.5. The predicted octanol–water partition coefficient (Wildman–Crippen LogP) is 1.07. The number of carboxylic acid groups (broad SMARTS) is 1. The van der Waals surface area contributed by atoms with Crippen LogP contribution in [0, 0.1) is 0 Å². The molecule has 1 aromatic heterocycles. The molecule has 0 unspecified atom stereocenters. The second kappa shape index (κ2) is 10.6. The SMILES string of the molecule is O=C(O)CCCCCCNC(=O)NCCCc1ncn[nH]1. The largest absolute Gasteiger partial charge is 0.481 e. The van der Waals surface area contributed by atoms with Crippen molar-refractivity contribution in [2.24, 2.45) is 0 Å². The van der Waals surface area contributed by atoms with Crippen molar-refractivity contribution < 1.29 is 14.7 Å². The van der Waals surface area contributed by atoms with Crippen molar-refractivity contribution >= 4 is 12.0 Å². The number of nitrogens with zero attached hydrogens (tertiary/aromatic N) is 2. The van der Waals surface area contributed by atoms with Gasteiger partial charge in [0.1, 0.15) is 12.2 Å². The lowest BCUT2D eigenvalue weighted by Gasteiger charge is -2.07. The minimum atomic E-state index is -0.752. The van der Waals surface area contributed by atoms with Crippen LogP contribution in [0.2, 0.25) is 0 Å². The highest BCUT2D eigenvalue weighted by Crippen LogP contribution is 2.02. The van der Waals surface area contributed by atoms with Crippen molar-refractivity contribution in [3.8, 4) is 0 Å². The van der Waals surface area contributed by atoms with E-state index in [0.717, 1.165) is 37.9 Å². The maximum absolute atomic E-state index is 11.4. The number of hydrogen-bond donors (Lipinski definition) is 4. The van der Waals surface area contributed by atoms with Gasteiger partial charge in [0, 0.05) is 25.9 Å². The van der Waals surface area contributed by atoms with Crippen molar-refractivity contribution in [3.63, 3.8) is 0 Å². The van der Waals surface area contributed by atoms with Gasteiger partial charge in [0.15, 0.2) is 0 Å². The van der Waals surface area contributed by atoms with Crippen LogP contribution in [0.4, 0.5) is 4.79 Å². The van der Waals surface area contributed by atoms with Crippen molar-refractivity contribution in [1.82, 2.24) is 25.8 Å². The first kappa shape index (κ1) is 16.9. The van der Waals surface area contributed by atoms with Crippen LogP contribution in [-0.2, 0) is 11.2 Å². The monoisotopic (exact) mass is 297 g/mol. The molecule has 118 valence electrons. The third kappa shape index (κ3) is 9.42. The standard InChI is InChI=1S/C13H23N5O3/c19-12(20)7-3-1-2-4-8-14-13(21)15-9-5-6-11-16-10-17-18-11/h10H,1-9H2,(H,19,20)(H2,14,15,21)(H,16,17,18). The first-order valence-electron chi connectivity index (χ1n) is 7.26. The molecular formula is C13H23N5O3. The van der Waals surface area contributed by atoms with E-state index in [-0.39, 0.29) is 12.5 Å². The second-order valence-electron chi connectivity index (χ2n) is 4.78. The van der Waals surface area contributed by atoms with Crippen molar-refractivity contribution in [3.05, 3.63) is 12.2 Å². The number of aliphatic carboxylic acids is 1. The molecule has 0 saturated carbocycles. The lowest BCUT2D eigenvalue weighted by Crippen LogP contribution is -2.36. The van der Waals surface area contributed by atoms with Gasteiger partial charge in [-0.05, 0) is 19.3 Å². The first-order chi connectivity index (χ1) is 10.2. The quantitative estimate of drug-likeness (QED) is 0.455. The second-order valence-corrected chi connectivity index (χ2v) is 4.78. The van der Waals surface area contributed by atoms with Crippen LogP contribution in [0.25, 0.3) is 0 Å². The normalized spacial score (nSPS) is 10.3. The predicted molar refractivity (Wildman–Crippen MR) is 76.8 cm³/mol. The molecule has 21 heavy (non-hydrogen) atoms. The maximum atomic E-state index is 11.4. The van der Waals surface area contributed by atoms with E-state index in [2.05, 4.69) is 25.8 Å². The third-order valence-corrected chi connectivity index (χ3v) is 2.94. The summed E-state index contributed by atoms with van der Waals surface area (Å²) in [5.74, 6) is 0.0661. The first-order valence-corrected chi connectivity index (χ1v) is 7.26. The van der Waals surface area contributed by atoms with Gasteiger partial charge in [-0.25, -0.2) is 9.78 Å². The molecule has 0 aromatic carbocycles. The van der Waals surface area contributed by atoms with Gasteiger partial charge in [-0.1, -0.05) is 12.8 Å². The van der Waals surface area contributed by atoms with Gasteiger partial charge in [-0.3, -0.25) is 9.89 Å². The van der Waals surface area contributed by atoms with Gasteiger partial charge < -0.3 is 15.7 Å². The Morgan fingerprint density at radius 2 is 1.81 bits per heavy atom. The maximum Gasteiger partial charge on any atom is 0.314 e. The Hall–Kier alpha value is -2.12. The fraction of sp³-hybridized carbons (Fsp3) is 0.692. The van der Waals surface area contributed by atoms with E-state index in [9.17, 15) is 9.59 Å². The number of unbranched alkanes of at least 4 members (excludes halogenated alkanes) is 3. The number of aryl methyl sites for hydroxylation is 1. The molecular weight excluding hydrogens is 274 g/mol. The molecule has 0 bridgehead atoms. The summed E-state index contributed by atoms with van der Waals surface area (Å²) in [7, 11) is 0. The molecule has 0 aliphatic rings. The Balaban J connectivity index is 1.86. The highest BCUT2D eigenvalue weighted by molar-refractivity contribution is 5.73. The number of carboxylic acids is 1. The Morgan fingerprint density at radius 1 is 1.10 bits per heavy atom. The molecule has 4 N–H and O–H groups in total. The van der Waals surface area contributed by atoms with E-state index in [0.29, 0.717) is 19.5 Å². The molecule has 0 atom stereocenters. The zero-order valence-corrected chi connectivity index (χ0v) is 12.1. The number of rotatable bonds is 11. The van der Waals surface area contributed by atoms with Gasteiger partial charge in [-0.2, -0.15) is 5.10 Å². The van der Waals surface area contributed by atoms with E-state index in [1.807, 2.05) is 0 Å². The zero-order valence-electron chi connectivity index (χ0n) is 12.1. The summed E-state index contributed by atoms with van der Waals surface area (Å²) in [4.78, 5) is 25.7. The van der Waals surface area contributed by atoms with E-state index in [1.54, 1.807) is 0 Å². The minimum absolute atomic E-state index is 0.168. The molecule has 1 rings (SSSR count). The van der Waals surface area contributed by atoms with Crippen molar-refractivity contribution in [2.75, 3.05) is 13.1 Å². The summed E-state index contributed by atoms with van der Waals surface area (Å²) in [6.07, 6.45) is 6.62. The summed E-state index contributed by atoms with van der Waals surface area (Å²) < 4.78 is 0. The summed E-state index contributed by atoms with van der Waals surface area (Å²) in [5.41, 5.74) is 0. The van der Waals surface area contributed by atoms with E-state index < -0.39 is 5.97 Å². The van der Waals surface area contributed by atoms with Crippen LogP contribution in [0.15, 0.2) is 6.33 Å². The summed E-state index contributed by atoms with van der Waals surface area (Å²) in [6.45, 7) is 1.20. The van der Waals surface area contributed by atoms with Crippen LogP contribution in [0.5, 0.6) is 0 Å². The third-order valence-electron chi connectivity index (χ3n) is 2.94. The van der Waals surface area contributed by atoms with Gasteiger partial charge in [0.2, 0.25) is 0 Å². The smallest absolute Gasteiger partial charge is 0.314 e. The number of amides is 2. The average Bonchev–Trinajstić information content (AvgIpc) is 2.95. The Morgan fingerprint density at radius 3 is 2.48 bits per heavy atom. The van der Waals surface area contributed by atoms with Crippen molar-refractivity contribution in [2.45, 2.75) is 44.9 Å². The van der Waals surface area contributed by atoms with E-state index in [1.165, 1.54) is 6.33 Å². The van der Waals surface area contributed by atoms with Gasteiger partial charge in [0.25, 0.3) is 0 Å². The molecule has 0 radical (unpaired) electrons. The van der Waals surface area contributed by atoms with Gasteiger partial charge in [0.05, 0.1) is 0 Å². The molecule has 8 nitrogen and oxygen atoms in total. The minimum Gasteiger partial charge on any atom is -0.481 e. The highest BCUT2D eigenvalue weighted by Gasteiger charge is 2.00. The molecule has 0 aliphatic carbocycles. The number of H-pyrrole nitrogens is 1. The van der Waals surface area contributed by atoms with Crippen LogP contribution >= 0.6 is 0 Å². The molecule has 0 aliphatic heterocycles. The van der Waals surface area contributed by atoms with Gasteiger partial charge in [-0.15, -0.1) is 0 Å². The number of aromatic amines is 1. The Kier molecular flexibility index (Phi) is 8.58. The molecule has 2 amide bonds. The van der Waals surface area contributed by atoms with Crippen LogP contribution in [0.1, 0.15) is 44.3 Å². The van der Waals surface area contributed by atoms with Crippen LogP contribution < -0.4 is 10.6 Å². The molecule has 0 spiro atoms. The zero-order chi connectivity index (χ0) is 15.3. The Labute approximate surface area is 123 Å². The average molecular weight is 297 g/mol. The number of hydrogen-bond acceptors (Lipinski definition) is 4. The molecule has 8 heteroatoms. The van der Waals surface area contributed by atoms with Gasteiger partial charge >= 0.3 is 12.0 Å². The Bertz CT molecular complexity index is 408. The molecule has 1 aromatic rings. The lowest BCUT2D eigenvalue weighted by molar-refractivity contribution is -0.137. The number of aromatic nitrogens is 3. The molecule has 0 fully saturated rings. The van der Waals surface area contributed by atoms with E-state index >= 15 is 0 Å². The van der Waals surface area contributed by atoms with Crippen LogP contribution in [-0.4, -0.2) is 45.4 Å². The van der Waals surface area contributed by atoms with Crippen LogP contribution in [0.3, 0.4) is 0 Å². The summed E-state index contributed by atoms with van der Waals surface area (Å²) in [6, 6.07) is -0.168. The number of nitrogens with one attached hydrogen (secondary N) is 3. The number of carbonyl (C=O) groups is 2. The van der Waals surface area contributed by atoms with E-state index in [4.69, 9.17) is 5.11 Å². The molecule has 0 saturated heterocycles. The lowest BCUT2D eigenvalue weighted by atomic mass is 10.1. The fourth-order valence-corrected chi connectivity index (χ4v) is 1.83. The number of carbonyl (C=O) groups excluding carboxylic acids is 1. The molecule has 1 heterocycles. The topological polar surface area (TPSA) is 120 Å². The fourth-order valence-electron chi connectivity index (χ4n) is 1.83. The number of urea groups is 1.